The molecular weight excluding hydrogens is 347 g/mol. The summed E-state index contributed by atoms with van der Waals surface area (Å²) in [6.07, 6.45) is 1.42. The molecule has 0 radical (unpaired) electrons. The third kappa shape index (κ3) is 6.04. The molecule has 0 saturated carbocycles. The van der Waals surface area contributed by atoms with Crippen LogP contribution in [0.4, 0.5) is 4.39 Å². The fourth-order valence-corrected chi connectivity index (χ4v) is 3.66. The van der Waals surface area contributed by atoms with E-state index in [-0.39, 0.29) is 30.5 Å². The first-order valence-electron chi connectivity index (χ1n) is 8.12. The summed E-state index contributed by atoms with van der Waals surface area (Å²) in [6, 6.07) is 5.73. The molecule has 1 aliphatic heterocycles. The molecule has 1 aromatic rings. The van der Waals surface area contributed by atoms with Crippen molar-refractivity contribution in [2.24, 2.45) is 0 Å². The van der Waals surface area contributed by atoms with E-state index in [1.807, 2.05) is 0 Å². The van der Waals surface area contributed by atoms with Crippen molar-refractivity contribution in [1.29, 1.82) is 0 Å². The molecule has 25 heavy (non-hydrogen) atoms. The van der Waals surface area contributed by atoms with Crippen LogP contribution in [0.3, 0.4) is 0 Å². The molecule has 3 N–H and O–H groups in total. The summed E-state index contributed by atoms with van der Waals surface area (Å²) in [4.78, 5) is 34.6. The maximum absolute atomic E-state index is 13.7. The molecule has 2 atom stereocenters. The Labute approximate surface area is 149 Å². The molecule has 1 aliphatic rings. The third-order valence-electron chi connectivity index (χ3n) is 3.87. The van der Waals surface area contributed by atoms with E-state index < -0.39 is 17.3 Å². The second-order valence-electron chi connectivity index (χ2n) is 5.82. The van der Waals surface area contributed by atoms with Gasteiger partial charge in [-0.2, -0.15) is 0 Å². The van der Waals surface area contributed by atoms with Crippen molar-refractivity contribution in [1.82, 2.24) is 10.6 Å². The van der Waals surface area contributed by atoms with Gasteiger partial charge in [-0.15, -0.1) is 11.8 Å². The monoisotopic (exact) mass is 368 g/mol. The standard InChI is InChI=1S/C17H21FN2O4S/c18-12-6-2-1-5-11(12)9-14-17(24)20-13(10-25-14)16(23)19-8-4-3-7-15(21)22/h1-2,5-6,13-14H,3-4,7-10H2,(H,19,23)(H,20,24)(H,21,22). The number of halogens is 1. The number of nitrogens with one attached hydrogen (secondary N) is 2. The minimum Gasteiger partial charge on any atom is -0.481 e. The summed E-state index contributed by atoms with van der Waals surface area (Å²) >= 11 is 1.34. The second-order valence-corrected chi connectivity index (χ2v) is 7.06. The quantitative estimate of drug-likeness (QED) is 0.602. The zero-order valence-electron chi connectivity index (χ0n) is 13.7. The van der Waals surface area contributed by atoms with Gasteiger partial charge >= 0.3 is 5.97 Å². The van der Waals surface area contributed by atoms with E-state index >= 15 is 0 Å². The molecule has 0 aromatic heterocycles. The zero-order chi connectivity index (χ0) is 18.2. The Bertz CT molecular complexity index is 641. The summed E-state index contributed by atoms with van der Waals surface area (Å²) in [6.45, 7) is 0.377. The number of amides is 2. The first-order valence-corrected chi connectivity index (χ1v) is 9.17. The fraction of sp³-hybridized carbons (Fsp3) is 0.471. The van der Waals surface area contributed by atoms with E-state index in [1.165, 1.54) is 17.8 Å². The van der Waals surface area contributed by atoms with Crippen LogP contribution in [-0.4, -0.2) is 46.5 Å². The van der Waals surface area contributed by atoms with Gasteiger partial charge in [0.2, 0.25) is 11.8 Å². The number of benzene rings is 1. The largest absolute Gasteiger partial charge is 0.481 e. The molecule has 1 heterocycles. The number of thioether (sulfide) groups is 1. The van der Waals surface area contributed by atoms with Crippen molar-refractivity contribution in [2.45, 2.75) is 37.0 Å². The summed E-state index contributed by atoms with van der Waals surface area (Å²) < 4.78 is 13.7. The van der Waals surface area contributed by atoms with Crippen molar-refractivity contribution >= 4 is 29.5 Å². The molecule has 1 aromatic carbocycles. The van der Waals surface area contributed by atoms with Gasteiger partial charge in [-0.05, 0) is 30.9 Å². The van der Waals surface area contributed by atoms with Crippen LogP contribution in [0.15, 0.2) is 24.3 Å². The highest BCUT2D eigenvalue weighted by Gasteiger charge is 2.32. The number of unbranched alkanes of at least 4 members (excludes halogenated alkanes) is 1. The zero-order valence-corrected chi connectivity index (χ0v) is 14.5. The van der Waals surface area contributed by atoms with Crippen LogP contribution in [0.1, 0.15) is 24.8 Å². The lowest BCUT2D eigenvalue weighted by molar-refractivity contribution is -0.137. The topological polar surface area (TPSA) is 95.5 Å². The summed E-state index contributed by atoms with van der Waals surface area (Å²) in [5, 5.41) is 13.5. The third-order valence-corrected chi connectivity index (χ3v) is 5.18. The molecule has 1 fully saturated rings. The van der Waals surface area contributed by atoms with Gasteiger partial charge in [0.1, 0.15) is 11.9 Å². The number of hydrogen-bond donors (Lipinski definition) is 3. The fourth-order valence-electron chi connectivity index (χ4n) is 2.49. The van der Waals surface area contributed by atoms with Crippen molar-refractivity contribution < 1.29 is 23.9 Å². The van der Waals surface area contributed by atoms with Crippen molar-refractivity contribution in [3.8, 4) is 0 Å². The number of carboxylic acids is 1. The van der Waals surface area contributed by atoms with Gasteiger partial charge in [-0.25, -0.2) is 4.39 Å². The smallest absolute Gasteiger partial charge is 0.303 e. The highest BCUT2D eigenvalue weighted by Crippen LogP contribution is 2.23. The first kappa shape index (κ1) is 19.2. The Kier molecular flexibility index (Phi) is 7.24. The molecule has 1 saturated heterocycles. The maximum atomic E-state index is 13.7. The predicted molar refractivity (Wildman–Crippen MR) is 92.8 cm³/mol. The summed E-state index contributed by atoms with van der Waals surface area (Å²) in [7, 11) is 0. The van der Waals surface area contributed by atoms with Crippen LogP contribution in [0.5, 0.6) is 0 Å². The minimum atomic E-state index is -0.858. The Balaban J connectivity index is 1.75. The van der Waals surface area contributed by atoms with Gasteiger partial charge in [0.05, 0.1) is 5.25 Å². The molecule has 2 amide bonds. The first-order chi connectivity index (χ1) is 12.0. The molecule has 0 aliphatic carbocycles. The van der Waals surface area contributed by atoms with Crippen molar-refractivity contribution in [2.75, 3.05) is 12.3 Å². The van der Waals surface area contributed by atoms with E-state index in [1.54, 1.807) is 18.2 Å². The van der Waals surface area contributed by atoms with E-state index in [9.17, 15) is 18.8 Å². The number of aliphatic carboxylic acids is 1. The van der Waals surface area contributed by atoms with E-state index in [2.05, 4.69) is 10.6 Å². The molecule has 0 spiro atoms. The number of hydrogen-bond acceptors (Lipinski definition) is 4. The molecule has 6 nitrogen and oxygen atoms in total. The molecular formula is C17H21FN2O4S. The second kappa shape index (κ2) is 9.41. The average Bonchev–Trinajstić information content (AvgIpc) is 2.57. The number of carbonyl (C=O) groups is 3. The minimum absolute atomic E-state index is 0.0730. The Morgan fingerprint density at radius 2 is 2.08 bits per heavy atom. The van der Waals surface area contributed by atoms with E-state index in [4.69, 9.17) is 5.11 Å². The lowest BCUT2D eigenvalue weighted by Gasteiger charge is -2.28. The lowest BCUT2D eigenvalue weighted by atomic mass is 10.1. The Morgan fingerprint density at radius 3 is 2.76 bits per heavy atom. The predicted octanol–water partition coefficient (Wildman–Crippen LogP) is 1.34. The Morgan fingerprint density at radius 1 is 1.32 bits per heavy atom. The van der Waals surface area contributed by atoms with Crippen LogP contribution in [0, 0.1) is 5.82 Å². The maximum Gasteiger partial charge on any atom is 0.303 e. The normalized spacial score (nSPS) is 20.0. The lowest BCUT2D eigenvalue weighted by Crippen LogP contribution is -2.54. The molecule has 2 unspecified atom stereocenters. The van der Waals surface area contributed by atoms with Gasteiger partial charge in [-0.3, -0.25) is 14.4 Å². The highest BCUT2D eigenvalue weighted by atomic mass is 32.2. The molecule has 8 heteroatoms. The number of carbonyl (C=O) groups excluding carboxylic acids is 2. The van der Waals surface area contributed by atoms with Crippen LogP contribution in [0.25, 0.3) is 0 Å². The SMILES string of the molecule is O=C(O)CCCCNC(=O)C1CSC(Cc2ccccc2F)C(=O)N1. The van der Waals surface area contributed by atoms with Crippen LogP contribution < -0.4 is 10.6 Å². The van der Waals surface area contributed by atoms with Crippen molar-refractivity contribution in [3.63, 3.8) is 0 Å². The van der Waals surface area contributed by atoms with Crippen molar-refractivity contribution in [3.05, 3.63) is 35.6 Å². The van der Waals surface area contributed by atoms with Gasteiger partial charge < -0.3 is 15.7 Å². The highest BCUT2D eigenvalue weighted by molar-refractivity contribution is 8.00. The summed E-state index contributed by atoms with van der Waals surface area (Å²) in [5.41, 5.74) is 0.483. The Hall–Kier alpha value is -2.09. The van der Waals surface area contributed by atoms with Gasteiger partial charge in [-0.1, -0.05) is 18.2 Å². The summed E-state index contributed by atoms with van der Waals surface area (Å²) in [5.74, 6) is -1.32. The molecule has 0 bridgehead atoms. The van der Waals surface area contributed by atoms with Crippen LogP contribution >= 0.6 is 11.8 Å². The van der Waals surface area contributed by atoms with Gasteiger partial charge in [0.15, 0.2) is 0 Å². The number of rotatable bonds is 8. The van der Waals surface area contributed by atoms with E-state index in [0.29, 0.717) is 30.7 Å². The van der Waals surface area contributed by atoms with E-state index in [0.717, 1.165) is 0 Å². The molecule has 2 rings (SSSR count). The molecule has 136 valence electrons. The van der Waals surface area contributed by atoms with Gasteiger partial charge in [0, 0.05) is 18.7 Å². The van der Waals surface area contributed by atoms with Crippen LogP contribution in [-0.2, 0) is 20.8 Å². The number of carboxylic acid groups (broad SMARTS) is 1. The van der Waals surface area contributed by atoms with Gasteiger partial charge in [0.25, 0.3) is 0 Å². The van der Waals surface area contributed by atoms with Crippen LogP contribution in [0.2, 0.25) is 0 Å². The average molecular weight is 368 g/mol.